The van der Waals surface area contributed by atoms with Crippen LogP contribution in [0.1, 0.15) is 32.5 Å². The van der Waals surface area contributed by atoms with Crippen molar-refractivity contribution in [1.29, 1.82) is 0 Å². The highest BCUT2D eigenvalue weighted by Gasteiger charge is 2.32. The fraction of sp³-hybridized carbons (Fsp3) is 0.812. The van der Waals surface area contributed by atoms with Crippen molar-refractivity contribution < 1.29 is 4.74 Å². The number of nitrogens with one attached hydrogen (secondary N) is 2. The normalized spacial score (nSPS) is 17.7. The van der Waals surface area contributed by atoms with Crippen molar-refractivity contribution >= 4 is 17.7 Å². The third-order valence-corrected chi connectivity index (χ3v) is 5.77. The zero-order valence-corrected chi connectivity index (χ0v) is 15.9. The number of ether oxygens (including phenoxy) is 1. The summed E-state index contributed by atoms with van der Waals surface area (Å²) in [4.78, 5) is 4.34. The van der Waals surface area contributed by atoms with Gasteiger partial charge in [0.05, 0.1) is 0 Å². The predicted molar refractivity (Wildman–Crippen MR) is 99.7 cm³/mol. The molecule has 7 nitrogen and oxygen atoms in total. The van der Waals surface area contributed by atoms with Gasteiger partial charge in [0.25, 0.3) is 0 Å². The first-order valence-corrected chi connectivity index (χ1v) is 9.74. The van der Waals surface area contributed by atoms with Crippen LogP contribution in [0.15, 0.2) is 11.3 Å². The van der Waals surface area contributed by atoms with Crippen LogP contribution < -0.4 is 10.6 Å². The van der Waals surface area contributed by atoms with Gasteiger partial charge in [-0.15, -0.1) is 10.2 Å². The molecule has 2 N–H and O–H groups in total. The van der Waals surface area contributed by atoms with Gasteiger partial charge in [-0.1, -0.05) is 13.8 Å². The lowest BCUT2D eigenvalue weighted by molar-refractivity contribution is 0.0782. The first-order valence-electron chi connectivity index (χ1n) is 8.76. The molecule has 0 radical (unpaired) electrons. The lowest BCUT2D eigenvalue weighted by atomic mass is 9.99. The maximum atomic E-state index is 5.53. The molecule has 0 aromatic carbocycles. The summed E-state index contributed by atoms with van der Waals surface area (Å²) in [6, 6.07) is 0. The number of aromatic nitrogens is 3. The predicted octanol–water partition coefficient (Wildman–Crippen LogP) is 1.31. The van der Waals surface area contributed by atoms with Gasteiger partial charge in [-0.25, -0.2) is 0 Å². The molecular formula is C16H30N6OS. The van der Waals surface area contributed by atoms with Gasteiger partial charge in [-0.2, -0.15) is 11.8 Å². The van der Waals surface area contributed by atoms with Crippen LogP contribution in [0.5, 0.6) is 0 Å². The standard InChI is InChI=1S/C16H30N6OS/c1-4-14-21-20-13-22(14)9-8-18-15(17-3)19-12-16(24-5-2)6-10-23-11-7-16/h13H,4-12H2,1-3H3,(H2,17,18,19). The van der Waals surface area contributed by atoms with E-state index >= 15 is 0 Å². The number of hydrogen-bond donors (Lipinski definition) is 2. The molecule has 0 aliphatic carbocycles. The molecule has 0 bridgehead atoms. The highest BCUT2D eigenvalue weighted by molar-refractivity contribution is 8.00. The lowest BCUT2D eigenvalue weighted by Crippen LogP contribution is -2.48. The summed E-state index contributed by atoms with van der Waals surface area (Å²) in [6.07, 6.45) is 4.86. The van der Waals surface area contributed by atoms with E-state index < -0.39 is 0 Å². The van der Waals surface area contributed by atoms with E-state index in [-0.39, 0.29) is 4.75 Å². The second-order valence-electron chi connectivity index (χ2n) is 5.88. The number of aryl methyl sites for hydroxylation is 1. The molecular weight excluding hydrogens is 324 g/mol. The topological polar surface area (TPSA) is 76.4 Å². The summed E-state index contributed by atoms with van der Waals surface area (Å²) in [5, 5.41) is 14.9. The zero-order chi connectivity index (χ0) is 17.3. The Hall–Kier alpha value is -1.28. The van der Waals surface area contributed by atoms with Gasteiger partial charge in [0.1, 0.15) is 12.2 Å². The fourth-order valence-electron chi connectivity index (χ4n) is 2.92. The number of guanidine groups is 1. The van der Waals surface area contributed by atoms with E-state index in [2.05, 4.69) is 44.2 Å². The van der Waals surface area contributed by atoms with E-state index in [1.165, 1.54) is 0 Å². The maximum Gasteiger partial charge on any atom is 0.191 e. The zero-order valence-electron chi connectivity index (χ0n) is 15.0. The highest BCUT2D eigenvalue weighted by atomic mass is 32.2. The van der Waals surface area contributed by atoms with Gasteiger partial charge in [-0.3, -0.25) is 4.99 Å². The quantitative estimate of drug-likeness (QED) is 0.541. The molecule has 1 saturated heterocycles. The summed E-state index contributed by atoms with van der Waals surface area (Å²) in [5.74, 6) is 2.99. The van der Waals surface area contributed by atoms with Crippen molar-refractivity contribution in [2.24, 2.45) is 4.99 Å². The van der Waals surface area contributed by atoms with Crippen molar-refractivity contribution in [3.8, 4) is 0 Å². The molecule has 1 aromatic heterocycles. The monoisotopic (exact) mass is 354 g/mol. The Morgan fingerprint density at radius 2 is 2.17 bits per heavy atom. The highest BCUT2D eigenvalue weighted by Crippen LogP contribution is 2.34. The van der Waals surface area contributed by atoms with Crippen molar-refractivity contribution in [3.63, 3.8) is 0 Å². The van der Waals surface area contributed by atoms with Gasteiger partial charge in [0.15, 0.2) is 5.96 Å². The van der Waals surface area contributed by atoms with Crippen molar-refractivity contribution in [3.05, 3.63) is 12.2 Å². The summed E-state index contributed by atoms with van der Waals surface area (Å²) in [7, 11) is 1.81. The summed E-state index contributed by atoms with van der Waals surface area (Å²) in [6.45, 7) is 8.57. The minimum Gasteiger partial charge on any atom is -0.381 e. The van der Waals surface area contributed by atoms with Crippen LogP contribution in [0.25, 0.3) is 0 Å². The Bertz CT molecular complexity index is 507. The number of rotatable bonds is 8. The fourth-order valence-corrected chi connectivity index (χ4v) is 4.16. The van der Waals surface area contributed by atoms with E-state index in [4.69, 9.17) is 4.74 Å². The summed E-state index contributed by atoms with van der Waals surface area (Å²) in [5.41, 5.74) is 0. The van der Waals surface area contributed by atoms with Crippen LogP contribution in [0.3, 0.4) is 0 Å². The molecule has 0 saturated carbocycles. The van der Waals surface area contributed by atoms with Crippen LogP contribution in [0, 0.1) is 0 Å². The van der Waals surface area contributed by atoms with Crippen LogP contribution in [-0.4, -0.2) is 64.6 Å². The third-order valence-electron chi connectivity index (χ3n) is 4.31. The molecule has 2 rings (SSSR count). The number of aliphatic imine (C=N–C) groups is 1. The Morgan fingerprint density at radius 3 is 2.83 bits per heavy atom. The van der Waals surface area contributed by atoms with Gasteiger partial charge in [-0.05, 0) is 18.6 Å². The first kappa shape index (κ1) is 19.1. The number of thioether (sulfide) groups is 1. The van der Waals surface area contributed by atoms with E-state index in [1.807, 2.05) is 18.8 Å². The summed E-state index contributed by atoms with van der Waals surface area (Å²) >= 11 is 2.03. The van der Waals surface area contributed by atoms with Gasteiger partial charge in [0, 0.05) is 51.1 Å². The second kappa shape index (κ2) is 9.88. The van der Waals surface area contributed by atoms with E-state index in [0.29, 0.717) is 0 Å². The van der Waals surface area contributed by atoms with E-state index in [9.17, 15) is 0 Å². The molecule has 8 heteroatoms. The first-order chi connectivity index (χ1) is 11.7. The van der Waals surface area contributed by atoms with Crippen LogP contribution >= 0.6 is 11.8 Å². The van der Waals surface area contributed by atoms with Gasteiger partial charge < -0.3 is 19.9 Å². The SMILES string of the molecule is CCSC1(CNC(=NC)NCCn2cnnc2CC)CCOCC1. The molecule has 0 amide bonds. The number of nitrogens with zero attached hydrogens (tertiary/aromatic N) is 4. The molecule has 1 fully saturated rings. The Labute approximate surface area is 149 Å². The molecule has 1 aromatic rings. The van der Waals surface area contributed by atoms with E-state index in [1.54, 1.807) is 6.33 Å². The minimum atomic E-state index is 0.258. The second-order valence-corrected chi connectivity index (χ2v) is 7.61. The van der Waals surface area contributed by atoms with Crippen molar-refractivity contribution in [2.45, 2.75) is 44.4 Å². The molecule has 0 spiro atoms. The average molecular weight is 355 g/mol. The Kier molecular flexibility index (Phi) is 7.84. The van der Waals surface area contributed by atoms with Crippen LogP contribution in [-0.2, 0) is 17.7 Å². The molecule has 0 atom stereocenters. The molecule has 24 heavy (non-hydrogen) atoms. The number of hydrogen-bond acceptors (Lipinski definition) is 5. The minimum absolute atomic E-state index is 0.258. The molecule has 0 unspecified atom stereocenters. The van der Waals surface area contributed by atoms with Crippen molar-refractivity contribution in [2.75, 3.05) is 39.1 Å². The Balaban J connectivity index is 1.79. The Morgan fingerprint density at radius 1 is 1.38 bits per heavy atom. The smallest absolute Gasteiger partial charge is 0.191 e. The van der Waals surface area contributed by atoms with Crippen LogP contribution in [0.2, 0.25) is 0 Å². The molecule has 136 valence electrons. The van der Waals surface area contributed by atoms with E-state index in [0.717, 1.165) is 69.6 Å². The summed E-state index contributed by atoms with van der Waals surface area (Å²) < 4.78 is 7.87. The lowest BCUT2D eigenvalue weighted by Gasteiger charge is -2.37. The molecule has 1 aliphatic rings. The maximum absolute atomic E-state index is 5.53. The molecule has 1 aliphatic heterocycles. The van der Waals surface area contributed by atoms with Crippen molar-refractivity contribution in [1.82, 2.24) is 25.4 Å². The van der Waals surface area contributed by atoms with Crippen LogP contribution in [0.4, 0.5) is 0 Å². The van der Waals surface area contributed by atoms with Gasteiger partial charge >= 0.3 is 0 Å². The average Bonchev–Trinajstić information content (AvgIpc) is 3.06. The largest absolute Gasteiger partial charge is 0.381 e. The third kappa shape index (κ3) is 5.37. The molecule has 2 heterocycles. The van der Waals surface area contributed by atoms with Gasteiger partial charge in [0.2, 0.25) is 0 Å².